The highest BCUT2D eigenvalue weighted by Crippen LogP contribution is 2.43. The van der Waals surface area contributed by atoms with E-state index >= 15 is 0 Å². The monoisotopic (exact) mass is 446 g/mol. The molecule has 0 fully saturated rings. The number of aromatic amines is 1. The van der Waals surface area contributed by atoms with Crippen molar-refractivity contribution in [3.63, 3.8) is 0 Å². The number of amides is 2. The summed E-state index contributed by atoms with van der Waals surface area (Å²) in [7, 11) is 1.30. The molecule has 168 valence electrons. The van der Waals surface area contributed by atoms with Crippen LogP contribution in [0.5, 0.6) is 0 Å². The van der Waals surface area contributed by atoms with Gasteiger partial charge in [0.05, 0.1) is 40.3 Å². The molecule has 4 aromatic rings. The molecule has 0 aliphatic carbocycles. The van der Waals surface area contributed by atoms with Gasteiger partial charge >= 0.3 is 12.0 Å². The number of nitrogens with two attached hydrogens (primary N) is 1. The van der Waals surface area contributed by atoms with Gasteiger partial charge in [0.1, 0.15) is 5.69 Å². The van der Waals surface area contributed by atoms with E-state index in [-0.39, 0.29) is 5.91 Å². The standard InChI is InChI=1S/C23H22N6O4/c1-5-28-17-10-15-14(9-13(17)23(2,3)21(28)31)25-19(26-15)18-12-8-11(20(30)33-4)6-7-16(12)29(27-18)22(24)32/h6-10H,5H2,1-4H3,(H2,24,32)(H,25,26). The van der Waals surface area contributed by atoms with Crippen LogP contribution in [0.1, 0.15) is 36.7 Å². The number of carbonyl (C=O) groups excluding carboxylic acids is 3. The summed E-state index contributed by atoms with van der Waals surface area (Å²) in [6.07, 6.45) is 0. The lowest BCUT2D eigenvalue weighted by molar-refractivity contribution is -0.122. The zero-order chi connectivity index (χ0) is 23.7. The highest BCUT2D eigenvalue weighted by molar-refractivity contribution is 6.09. The molecule has 2 aromatic heterocycles. The summed E-state index contributed by atoms with van der Waals surface area (Å²) >= 11 is 0. The Morgan fingerprint density at radius 1 is 1.21 bits per heavy atom. The summed E-state index contributed by atoms with van der Waals surface area (Å²) in [5.74, 6) is -0.0513. The third kappa shape index (κ3) is 2.83. The topological polar surface area (TPSA) is 136 Å². The van der Waals surface area contributed by atoms with E-state index in [0.29, 0.717) is 40.0 Å². The second-order valence-corrected chi connectivity index (χ2v) is 8.47. The molecule has 0 bridgehead atoms. The quantitative estimate of drug-likeness (QED) is 0.464. The van der Waals surface area contributed by atoms with E-state index in [1.807, 2.05) is 32.9 Å². The van der Waals surface area contributed by atoms with E-state index < -0.39 is 17.4 Å². The van der Waals surface area contributed by atoms with Gasteiger partial charge in [-0.3, -0.25) is 4.79 Å². The molecule has 0 spiro atoms. The molecular formula is C23H22N6O4. The van der Waals surface area contributed by atoms with Crippen LogP contribution >= 0.6 is 0 Å². The molecule has 5 rings (SSSR count). The van der Waals surface area contributed by atoms with Crippen LogP contribution in [0.15, 0.2) is 30.3 Å². The molecule has 1 aliphatic rings. The Labute approximate surface area is 188 Å². The van der Waals surface area contributed by atoms with Crippen molar-refractivity contribution in [3.05, 3.63) is 41.5 Å². The summed E-state index contributed by atoms with van der Waals surface area (Å²) in [5.41, 5.74) is 9.10. The van der Waals surface area contributed by atoms with Crippen molar-refractivity contribution in [2.45, 2.75) is 26.2 Å². The van der Waals surface area contributed by atoms with Gasteiger partial charge in [-0.1, -0.05) is 0 Å². The summed E-state index contributed by atoms with van der Waals surface area (Å²) in [4.78, 5) is 46.5. The Hall–Kier alpha value is -4.21. The lowest BCUT2D eigenvalue weighted by Crippen LogP contribution is -2.35. The molecule has 2 aromatic carbocycles. The van der Waals surface area contributed by atoms with Crippen molar-refractivity contribution >= 4 is 45.5 Å². The SMILES string of the molecule is CCN1C(=O)C(C)(C)c2cc3nc(-c4nn(C(N)=O)c5ccc(C(=O)OC)cc45)[nH]c3cc21. The van der Waals surface area contributed by atoms with Gasteiger partial charge < -0.3 is 20.4 Å². The van der Waals surface area contributed by atoms with Gasteiger partial charge in [0.25, 0.3) is 0 Å². The Morgan fingerprint density at radius 3 is 2.64 bits per heavy atom. The number of nitrogens with zero attached hydrogens (tertiary/aromatic N) is 4. The normalized spacial score (nSPS) is 14.8. The predicted molar refractivity (Wildman–Crippen MR) is 122 cm³/mol. The maximum absolute atomic E-state index is 12.8. The number of imidazole rings is 1. The molecule has 33 heavy (non-hydrogen) atoms. The molecule has 0 saturated carbocycles. The fourth-order valence-corrected chi connectivity index (χ4v) is 4.46. The van der Waals surface area contributed by atoms with Crippen molar-refractivity contribution in [1.29, 1.82) is 0 Å². The Morgan fingerprint density at radius 2 is 1.97 bits per heavy atom. The lowest BCUT2D eigenvalue weighted by Gasteiger charge is -2.18. The number of primary amides is 1. The fourth-order valence-electron chi connectivity index (χ4n) is 4.46. The summed E-state index contributed by atoms with van der Waals surface area (Å²) in [6.45, 7) is 6.30. The average Bonchev–Trinajstić information content (AvgIpc) is 3.43. The van der Waals surface area contributed by atoms with Crippen LogP contribution < -0.4 is 10.6 Å². The van der Waals surface area contributed by atoms with E-state index in [1.54, 1.807) is 23.1 Å². The summed E-state index contributed by atoms with van der Waals surface area (Å²) < 4.78 is 5.88. The van der Waals surface area contributed by atoms with Gasteiger partial charge in [-0.05, 0) is 56.7 Å². The maximum Gasteiger partial charge on any atom is 0.340 e. The molecule has 0 atom stereocenters. The number of aromatic nitrogens is 4. The third-order valence-electron chi connectivity index (χ3n) is 6.19. The van der Waals surface area contributed by atoms with E-state index in [9.17, 15) is 14.4 Å². The molecule has 10 heteroatoms. The Kier molecular flexibility index (Phi) is 4.32. The van der Waals surface area contributed by atoms with Crippen molar-refractivity contribution in [2.75, 3.05) is 18.6 Å². The predicted octanol–water partition coefficient (Wildman–Crippen LogP) is 2.94. The largest absolute Gasteiger partial charge is 0.465 e. The minimum atomic E-state index is -0.758. The number of likely N-dealkylation sites (N-methyl/N-ethyl adjacent to an activating group) is 1. The van der Waals surface area contributed by atoms with Gasteiger partial charge in [0.2, 0.25) is 5.91 Å². The van der Waals surface area contributed by atoms with Crippen LogP contribution in [-0.4, -0.2) is 51.3 Å². The van der Waals surface area contributed by atoms with Crippen molar-refractivity contribution in [3.8, 4) is 11.5 Å². The number of anilines is 1. The lowest BCUT2D eigenvalue weighted by atomic mass is 9.86. The number of nitrogens with one attached hydrogen (secondary N) is 1. The molecular weight excluding hydrogens is 424 g/mol. The molecule has 2 amide bonds. The second-order valence-electron chi connectivity index (χ2n) is 8.47. The number of rotatable bonds is 3. The third-order valence-corrected chi connectivity index (χ3v) is 6.19. The first kappa shape index (κ1) is 20.7. The Bertz CT molecular complexity index is 1500. The molecule has 3 heterocycles. The molecule has 10 nitrogen and oxygen atoms in total. The first-order valence-electron chi connectivity index (χ1n) is 10.4. The minimum absolute atomic E-state index is 0.0504. The number of hydrogen-bond acceptors (Lipinski definition) is 6. The second kappa shape index (κ2) is 6.89. The van der Waals surface area contributed by atoms with Crippen molar-refractivity contribution in [2.24, 2.45) is 5.73 Å². The van der Waals surface area contributed by atoms with E-state index in [2.05, 4.69) is 15.1 Å². The van der Waals surface area contributed by atoms with Gasteiger partial charge in [0.15, 0.2) is 5.82 Å². The first-order valence-corrected chi connectivity index (χ1v) is 10.4. The van der Waals surface area contributed by atoms with Crippen LogP contribution in [0.25, 0.3) is 33.5 Å². The fraction of sp³-hybridized carbons (Fsp3) is 0.261. The van der Waals surface area contributed by atoms with Crippen LogP contribution in [-0.2, 0) is 14.9 Å². The van der Waals surface area contributed by atoms with Gasteiger partial charge in [-0.15, -0.1) is 0 Å². The van der Waals surface area contributed by atoms with Gasteiger partial charge in [0, 0.05) is 11.9 Å². The molecule has 3 N–H and O–H groups in total. The van der Waals surface area contributed by atoms with E-state index in [4.69, 9.17) is 10.5 Å². The van der Waals surface area contributed by atoms with Crippen molar-refractivity contribution < 1.29 is 19.1 Å². The van der Waals surface area contributed by atoms with Crippen LogP contribution in [0.3, 0.4) is 0 Å². The van der Waals surface area contributed by atoms with Gasteiger partial charge in [-0.2, -0.15) is 9.78 Å². The molecule has 0 saturated heterocycles. The smallest absolute Gasteiger partial charge is 0.340 e. The maximum atomic E-state index is 12.8. The van der Waals surface area contributed by atoms with Crippen molar-refractivity contribution in [1.82, 2.24) is 19.7 Å². The first-order chi connectivity index (χ1) is 15.7. The number of methoxy groups -OCH3 is 1. The van der Waals surface area contributed by atoms with E-state index in [1.165, 1.54) is 7.11 Å². The molecule has 1 aliphatic heterocycles. The average molecular weight is 446 g/mol. The van der Waals surface area contributed by atoms with Crippen LogP contribution in [0.2, 0.25) is 0 Å². The number of hydrogen-bond donors (Lipinski definition) is 2. The highest BCUT2D eigenvalue weighted by atomic mass is 16.5. The number of esters is 1. The van der Waals surface area contributed by atoms with Crippen LogP contribution in [0.4, 0.5) is 10.5 Å². The number of fused-ring (bicyclic) bond motifs is 3. The molecule has 0 unspecified atom stereocenters. The zero-order valence-corrected chi connectivity index (χ0v) is 18.6. The highest BCUT2D eigenvalue weighted by Gasteiger charge is 2.43. The summed E-state index contributed by atoms with van der Waals surface area (Å²) in [5, 5.41) is 4.89. The summed E-state index contributed by atoms with van der Waals surface area (Å²) in [6, 6.07) is 7.78. The van der Waals surface area contributed by atoms with E-state index in [0.717, 1.165) is 21.4 Å². The number of benzene rings is 2. The number of carbonyl (C=O) groups is 3. The Balaban J connectivity index is 1.73. The molecule has 0 radical (unpaired) electrons. The number of ether oxygens (including phenoxy) is 1. The van der Waals surface area contributed by atoms with Gasteiger partial charge in [-0.25, -0.2) is 14.6 Å². The number of H-pyrrole nitrogens is 1. The van der Waals surface area contributed by atoms with Crippen LogP contribution in [0, 0.1) is 0 Å². The minimum Gasteiger partial charge on any atom is -0.465 e. The zero-order valence-electron chi connectivity index (χ0n) is 18.6.